The number of amides is 2. The second-order valence-corrected chi connectivity index (χ2v) is 5.26. The summed E-state index contributed by atoms with van der Waals surface area (Å²) in [6, 6.07) is -1.70. The number of ether oxygens (including phenoxy) is 1. The highest BCUT2D eigenvalue weighted by Crippen LogP contribution is 2.19. The lowest BCUT2D eigenvalue weighted by molar-refractivity contribution is -0.140. The molecule has 1 aliphatic heterocycles. The van der Waals surface area contributed by atoms with Gasteiger partial charge in [-0.25, -0.2) is 9.59 Å². The zero-order valence-electron chi connectivity index (χ0n) is 12.2. The number of carboxylic acids is 2. The second-order valence-electron chi connectivity index (χ2n) is 5.26. The molecule has 3 unspecified atom stereocenters. The van der Waals surface area contributed by atoms with Gasteiger partial charge in [-0.2, -0.15) is 0 Å². The van der Waals surface area contributed by atoms with Crippen LogP contribution in [-0.4, -0.2) is 65.4 Å². The molecule has 1 heterocycles. The summed E-state index contributed by atoms with van der Waals surface area (Å²) >= 11 is 0. The van der Waals surface area contributed by atoms with Gasteiger partial charge in [0.2, 0.25) is 0 Å². The summed E-state index contributed by atoms with van der Waals surface area (Å²) in [6.45, 7) is 2.96. The number of nitrogens with one attached hydrogen (secondary N) is 1. The van der Waals surface area contributed by atoms with Crippen LogP contribution >= 0.6 is 0 Å². The van der Waals surface area contributed by atoms with Gasteiger partial charge in [0.05, 0.1) is 6.10 Å². The quantitative estimate of drug-likeness (QED) is 0.653. The molecule has 8 heteroatoms. The first kappa shape index (κ1) is 17.2. The van der Waals surface area contributed by atoms with Gasteiger partial charge in [0.15, 0.2) is 0 Å². The van der Waals surface area contributed by atoms with Crippen molar-refractivity contribution in [2.45, 2.75) is 38.3 Å². The topological polar surface area (TPSA) is 116 Å². The maximum Gasteiger partial charge on any atom is 0.326 e. The first-order valence-corrected chi connectivity index (χ1v) is 6.88. The van der Waals surface area contributed by atoms with Gasteiger partial charge in [-0.05, 0) is 18.8 Å². The molecule has 120 valence electrons. The van der Waals surface area contributed by atoms with Crippen molar-refractivity contribution in [3.8, 4) is 0 Å². The molecule has 21 heavy (non-hydrogen) atoms. The van der Waals surface area contributed by atoms with Crippen LogP contribution in [0.3, 0.4) is 0 Å². The maximum atomic E-state index is 12.1. The zero-order valence-corrected chi connectivity index (χ0v) is 12.2. The van der Waals surface area contributed by atoms with Crippen molar-refractivity contribution in [3.05, 3.63) is 0 Å². The molecule has 1 rings (SSSR count). The van der Waals surface area contributed by atoms with Crippen LogP contribution in [-0.2, 0) is 14.3 Å². The Morgan fingerprint density at radius 2 is 2.05 bits per heavy atom. The molecule has 0 bridgehead atoms. The summed E-state index contributed by atoms with van der Waals surface area (Å²) in [5.41, 5.74) is 0. The van der Waals surface area contributed by atoms with Crippen LogP contribution in [0.4, 0.5) is 4.79 Å². The zero-order chi connectivity index (χ0) is 16.0. The fraction of sp³-hybridized carbons (Fsp3) is 0.769. The van der Waals surface area contributed by atoms with E-state index in [1.165, 1.54) is 4.90 Å². The molecular formula is C13H22N2O6. The fourth-order valence-corrected chi connectivity index (χ4v) is 2.29. The van der Waals surface area contributed by atoms with Crippen molar-refractivity contribution in [3.63, 3.8) is 0 Å². The molecule has 3 N–H and O–H groups in total. The van der Waals surface area contributed by atoms with Crippen molar-refractivity contribution < 1.29 is 29.3 Å². The number of rotatable bonds is 6. The predicted molar refractivity (Wildman–Crippen MR) is 73.0 cm³/mol. The van der Waals surface area contributed by atoms with E-state index >= 15 is 0 Å². The number of carbonyl (C=O) groups excluding carboxylic acids is 1. The Bertz CT molecular complexity index is 400. The summed E-state index contributed by atoms with van der Waals surface area (Å²) < 4.78 is 5.30. The highest BCUT2D eigenvalue weighted by molar-refractivity contribution is 5.83. The number of carboxylic acid groups (broad SMARTS) is 2. The highest BCUT2D eigenvalue weighted by atomic mass is 16.5. The van der Waals surface area contributed by atoms with Gasteiger partial charge in [0.1, 0.15) is 6.04 Å². The first-order valence-electron chi connectivity index (χ1n) is 6.88. The SMILES string of the molecule is COC1CN(C(=O)NC(CCC(=O)O)C(=O)O)CCC1C. The fourth-order valence-electron chi connectivity index (χ4n) is 2.29. The van der Waals surface area contributed by atoms with Gasteiger partial charge in [-0.3, -0.25) is 4.79 Å². The molecule has 0 radical (unpaired) electrons. The Kier molecular flexibility index (Phi) is 6.41. The van der Waals surface area contributed by atoms with Crippen molar-refractivity contribution in [1.82, 2.24) is 10.2 Å². The number of methoxy groups -OCH3 is 1. The van der Waals surface area contributed by atoms with Gasteiger partial charge < -0.3 is 25.2 Å². The largest absolute Gasteiger partial charge is 0.481 e. The van der Waals surface area contributed by atoms with Gasteiger partial charge >= 0.3 is 18.0 Å². The normalized spacial score (nSPS) is 23.4. The monoisotopic (exact) mass is 302 g/mol. The smallest absolute Gasteiger partial charge is 0.326 e. The Labute approximate surface area is 123 Å². The molecule has 3 atom stereocenters. The standard InChI is InChI=1S/C13H22N2O6/c1-8-5-6-15(7-10(8)21-2)13(20)14-9(12(18)19)3-4-11(16)17/h8-10H,3-7H2,1-2H3,(H,14,20)(H,16,17)(H,18,19). The molecule has 0 aliphatic carbocycles. The van der Waals surface area contributed by atoms with Gasteiger partial charge in [-0.15, -0.1) is 0 Å². The van der Waals surface area contributed by atoms with Crippen molar-refractivity contribution >= 4 is 18.0 Å². The number of likely N-dealkylation sites (tertiary alicyclic amines) is 1. The van der Waals surface area contributed by atoms with Crippen molar-refractivity contribution in [2.75, 3.05) is 20.2 Å². The molecule has 1 aliphatic rings. The summed E-state index contributed by atoms with van der Waals surface area (Å²) in [4.78, 5) is 35.1. The third-order valence-electron chi connectivity index (χ3n) is 3.72. The molecule has 1 fully saturated rings. The summed E-state index contributed by atoms with van der Waals surface area (Å²) in [7, 11) is 1.58. The number of hydrogen-bond acceptors (Lipinski definition) is 4. The Morgan fingerprint density at radius 3 is 2.57 bits per heavy atom. The third-order valence-corrected chi connectivity index (χ3v) is 3.72. The number of nitrogens with zero attached hydrogens (tertiary/aromatic N) is 1. The van der Waals surface area contributed by atoms with E-state index in [0.29, 0.717) is 19.0 Å². The number of piperidine rings is 1. The Balaban J connectivity index is 2.56. The molecule has 8 nitrogen and oxygen atoms in total. The van der Waals surface area contributed by atoms with E-state index in [2.05, 4.69) is 5.32 Å². The van der Waals surface area contributed by atoms with Crippen LogP contribution in [0.1, 0.15) is 26.2 Å². The minimum Gasteiger partial charge on any atom is -0.481 e. The van der Waals surface area contributed by atoms with Gasteiger partial charge in [0.25, 0.3) is 0 Å². The van der Waals surface area contributed by atoms with E-state index in [4.69, 9.17) is 14.9 Å². The molecule has 1 saturated heterocycles. The van der Waals surface area contributed by atoms with E-state index in [-0.39, 0.29) is 18.9 Å². The highest BCUT2D eigenvalue weighted by Gasteiger charge is 2.30. The maximum absolute atomic E-state index is 12.1. The number of urea groups is 1. The lowest BCUT2D eigenvalue weighted by Crippen LogP contribution is -2.53. The minimum atomic E-state index is -1.24. The van der Waals surface area contributed by atoms with E-state index < -0.39 is 24.0 Å². The summed E-state index contributed by atoms with van der Waals surface area (Å²) in [6.07, 6.45) is 0.245. The van der Waals surface area contributed by atoms with E-state index in [0.717, 1.165) is 6.42 Å². The Hall–Kier alpha value is -1.83. The van der Waals surface area contributed by atoms with Crippen molar-refractivity contribution in [2.24, 2.45) is 5.92 Å². The lowest BCUT2D eigenvalue weighted by atomic mass is 9.96. The molecule has 2 amide bonds. The van der Waals surface area contributed by atoms with Gasteiger partial charge in [-0.1, -0.05) is 6.92 Å². The van der Waals surface area contributed by atoms with E-state index in [1.54, 1.807) is 7.11 Å². The van der Waals surface area contributed by atoms with Crippen LogP contribution in [0.15, 0.2) is 0 Å². The number of aliphatic carboxylic acids is 2. The molecule has 0 aromatic rings. The van der Waals surface area contributed by atoms with Crippen LogP contribution in [0.25, 0.3) is 0 Å². The molecule has 0 spiro atoms. The van der Waals surface area contributed by atoms with Crippen LogP contribution in [0.5, 0.6) is 0 Å². The minimum absolute atomic E-state index is 0.0770. The Morgan fingerprint density at radius 1 is 1.38 bits per heavy atom. The average molecular weight is 302 g/mol. The molecular weight excluding hydrogens is 280 g/mol. The summed E-state index contributed by atoms with van der Waals surface area (Å²) in [5.74, 6) is -2.00. The summed E-state index contributed by atoms with van der Waals surface area (Å²) in [5, 5.41) is 20.0. The first-order chi connectivity index (χ1) is 9.85. The lowest BCUT2D eigenvalue weighted by Gasteiger charge is -2.36. The third kappa shape index (κ3) is 5.22. The van der Waals surface area contributed by atoms with Crippen LogP contribution in [0, 0.1) is 5.92 Å². The molecule has 0 aromatic heterocycles. The van der Waals surface area contributed by atoms with Gasteiger partial charge in [0, 0.05) is 26.6 Å². The van der Waals surface area contributed by atoms with Crippen molar-refractivity contribution in [1.29, 1.82) is 0 Å². The van der Waals surface area contributed by atoms with Crippen LogP contribution in [0.2, 0.25) is 0 Å². The average Bonchev–Trinajstić information content (AvgIpc) is 2.43. The molecule has 0 aromatic carbocycles. The second kappa shape index (κ2) is 7.82. The number of carbonyl (C=O) groups is 3. The molecule has 0 saturated carbocycles. The van der Waals surface area contributed by atoms with Crippen LogP contribution < -0.4 is 5.32 Å². The van der Waals surface area contributed by atoms with E-state index in [9.17, 15) is 14.4 Å². The number of hydrogen-bond donors (Lipinski definition) is 3. The van der Waals surface area contributed by atoms with E-state index in [1.807, 2.05) is 6.92 Å². The predicted octanol–water partition coefficient (Wildman–Crippen LogP) is 0.371.